The van der Waals surface area contributed by atoms with Crippen LogP contribution in [0.4, 0.5) is 8.78 Å². The van der Waals surface area contributed by atoms with Gasteiger partial charge in [0.25, 0.3) is 5.97 Å². The topological polar surface area (TPSA) is 60.7 Å². The number of halogens is 2. The molecule has 1 unspecified atom stereocenters. The molecule has 0 fully saturated rings. The summed E-state index contributed by atoms with van der Waals surface area (Å²) in [6, 6.07) is 3.47. The number of hydrogen-bond acceptors (Lipinski definition) is 3. The van der Waals surface area contributed by atoms with Crippen LogP contribution in [0.2, 0.25) is 0 Å². The lowest BCUT2D eigenvalue weighted by atomic mass is 9.92. The maximum Gasteiger partial charge on any atom is 0.278 e. The molecule has 0 saturated carbocycles. The first kappa shape index (κ1) is 22.0. The van der Waals surface area contributed by atoms with Crippen LogP contribution in [-0.2, 0) is 6.42 Å². The van der Waals surface area contributed by atoms with E-state index in [4.69, 9.17) is 0 Å². The molecule has 1 atom stereocenters. The molecule has 0 aliphatic heterocycles. The molecular weight excluding hydrogens is 326 g/mol. The number of benzene rings is 1. The van der Waals surface area contributed by atoms with E-state index in [0.29, 0.717) is 37.7 Å². The van der Waals surface area contributed by atoms with Crippen LogP contribution >= 0.6 is 0 Å². The highest BCUT2D eigenvalue weighted by Crippen LogP contribution is 2.26. The Morgan fingerprint density at radius 1 is 0.800 bits per heavy atom. The van der Waals surface area contributed by atoms with E-state index in [9.17, 15) is 24.1 Å². The van der Waals surface area contributed by atoms with Gasteiger partial charge in [-0.2, -0.15) is 0 Å². The van der Waals surface area contributed by atoms with E-state index in [1.807, 2.05) is 0 Å². The van der Waals surface area contributed by atoms with Crippen LogP contribution in [-0.4, -0.2) is 21.3 Å². The number of aryl methyl sites for hydroxylation is 1. The van der Waals surface area contributed by atoms with Crippen molar-refractivity contribution in [3.63, 3.8) is 0 Å². The Bertz CT molecular complexity index is 466. The van der Waals surface area contributed by atoms with Crippen LogP contribution in [0, 0.1) is 17.6 Å². The molecule has 5 heteroatoms. The van der Waals surface area contributed by atoms with E-state index in [2.05, 4.69) is 6.92 Å². The lowest BCUT2D eigenvalue weighted by Crippen LogP contribution is -2.37. The summed E-state index contributed by atoms with van der Waals surface area (Å²) in [5.74, 6) is -4.43. The maximum atomic E-state index is 13.1. The molecule has 3 N–H and O–H groups in total. The second kappa shape index (κ2) is 11.6. The lowest BCUT2D eigenvalue weighted by Gasteiger charge is -2.26. The van der Waals surface area contributed by atoms with Gasteiger partial charge in [0.05, 0.1) is 0 Å². The van der Waals surface area contributed by atoms with E-state index >= 15 is 0 Å². The summed E-state index contributed by atoms with van der Waals surface area (Å²) in [4.78, 5) is 0. The molecule has 0 aliphatic carbocycles. The van der Waals surface area contributed by atoms with Crippen molar-refractivity contribution < 1.29 is 24.1 Å². The summed E-state index contributed by atoms with van der Waals surface area (Å²) in [5.41, 5.74) is 0.591. The van der Waals surface area contributed by atoms with Gasteiger partial charge >= 0.3 is 0 Å². The molecule has 144 valence electrons. The maximum absolute atomic E-state index is 13.1. The van der Waals surface area contributed by atoms with Gasteiger partial charge in [0.1, 0.15) is 11.6 Å². The summed E-state index contributed by atoms with van der Waals surface area (Å²) >= 11 is 0. The van der Waals surface area contributed by atoms with Gasteiger partial charge in [0.15, 0.2) is 0 Å². The first-order chi connectivity index (χ1) is 11.8. The van der Waals surface area contributed by atoms with Gasteiger partial charge in [-0.15, -0.1) is 0 Å². The van der Waals surface area contributed by atoms with Gasteiger partial charge in [-0.25, -0.2) is 8.78 Å². The number of aliphatic hydroxyl groups is 3. The Hall–Kier alpha value is -1.04. The van der Waals surface area contributed by atoms with Crippen LogP contribution in [0.1, 0.15) is 76.7 Å². The minimum atomic E-state index is -2.66. The molecule has 0 amide bonds. The third kappa shape index (κ3) is 9.88. The van der Waals surface area contributed by atoms with E-state index in [1.165, 1.54) is 31.4 Å². The van der Waals surface area contributed by atoms with Gasteiger partial charge < -0.3 is 15.3 Å². The highest BCUT2D eigenvalue weighted by Gasteiger charge is 2.30. The number of rotatable bonds is 13. The standard InChI is InChI=1S/C20H32F2O3/c1-2-3-4-5-6-7-11-17(20(23,24)25)12-9-8-10-16-13-18(21)15-19(22)14-16/h13-15,17,23-25H,2-12H2,1H3. The van der Waals surface area contributed by atoms with E-state index in [-0.39, 0.29) is 0 Å². The fourth-order valence-electron chi connectivity index (χ4n) is 3.18. The van der Waals surface area contributed by atoms with Crippen molar-refractivity contribution in [1.82, 2.24) is 0 Å². The molecule has 1 aromatic rings. The molecule has 25 heavy (non-hydrogen) atoms. The quantitative estimate of drug-likeness (QED) is 0.354. The smallest absolute Gasteiger partial charge is 0.278 e. The van der Waals surface area contributed by atoms with E-state index < -0.39 is 23.5 Å². The van der Waals surface area contributed by atoms with Crippen molar-refractivity contribution in [2.45, 2.75) is 83.5 Å². The van der Waals surface area contributed by atoms with Crippen molar-refractivity contribution in [3.8, 4) is 0 Å². The van der Waals surface area contributed by atoms with Gasteiger partial charge in [0, 0.05) is 12.0 Å². The highest BCUT2D eigenvalue weighted by molar-refractivity contribution is 5.17. The Morgan fingerprint density at radius 2 is 1.32 bits per heavy atom. The molecule has 0 aromatic heterocycles. The highest BCUT2D eigenvalue weighted by atomic mass is 19.1. The van der Waals surface area contributed by atoms with Crippen molar-refractivity contribution in [1.29, 1.82) is 0 Å². The normalized spacial score (nSPS) is 13.2. The summed E-state index contributed by atoms with van der Waals surface area (Å²) < 4.78 is 26.3. The van der Waals surface area contributed by atoms with Crippen molar-refractivity contribution >= 4 is 0 Å². The fraction of sp³-hybridized carbons (Fsp3) is 0.700. The van der Waals surface area contributed by atoms with Gasteiger partial charge in [-0.05, 0) is 43.4 Å². The average molecular weight is 358 g/mol. The first-order valence-electron chi connectivity index (χ1n) is 9.45. The zero-order chi connectivity index (χ0) is 18.7. The molecule has 1 aromatic carbocycles. The Morgan fingerprint density at radius 3 is 1.88 bits per heavy atom. The van der Waals surface area contributed by atoms with Crippen molar-refractivity contribution in [2.75, 3.05) is 0 Å². The van der Waals surface area contributed by atoms with Crippen LogP contribution in [0.25, 0.3) is 0 Å². The fourth-order valence-corrected chi connectivity index (χ4v) is 3.18. The van der Waals surface area contributed by atoms with Gasteiger partial charge in [-0.1, -0.05) is 51.9 Å². The Labute approximate surface area is 149 Å². The third-order valence-electron chi connectivity index (χ3n) is 4.64. The SMILES string of the molecule is CCCCCCCCC(CCCCc1cc(F)cc(F)c1)C(O)(O)O. The molecule has 0 radical (unpaired) electrons. The zero-order valence-electron chi connectivity index (χ0n) is 15.2. The predicted octanol–water partition coefficient (Wildman–Crippen LogP) is 4.68. The minimum Gasteiger partial charge on any atom is -0.343 e. The van der Waals surface area contributed by atoms with E-state index in [0.717, 1.165) is 25.3 Å². The predicted molar refractivity (Wildman–Crippen MR) is 94.8 cm³/mol. The summed E-state index contributed by atoms with van der Waals surface area (Å²) in [6.07, 6.45) is 9.47. The zero-order valence-corrected chi connectivity index (χ0v) is 15.2. The second-order valence-corrected chi connectivity index (χ2v) is 6.96. The minimum absolute atomic E-state index is 0.469. The largest absolute Gasteiger partial charge is 0.343 e. The van der Waals surface area contributed by atoms with Crippen molar-refractivity contribution in [3.05, 3.63) is 35.4 Å². The van der Waals surface area contributed by atoms with Gasteiger partial charge in [-0.3, -0.25) is 0 Å². The summed E-state index contributed by atoms with van der Waals surface area (Å²) in [7, 11) is 0. The molecule has 1 rings (SSSR count). The molecule has 3 nitrogen and oxygen atoms in total. The lowest BCUT2D eigenvalue weighted by molar-refractivity contribution is -0.344. The van der Waals surface area contributed by atoms with Crippen LogP contribution < -0.4 is 0 Å². The molecule has 0 spiro atoms. The molecule has 0 aliphatic rings. The van der Waals surface area contributed by atoms with E-state index in [1.54, 1.807) is 0 Å². The first-order valence-corrected chi connectivity index (χ1v) is 9.45. The number of unbranched alkanes of at least 4 members (excludes halogenated alkanes) is 6. The summed E-state index contributed by atoms with van der Waals surface area (Å²) in [5, 5.41) is 28.6. The Balaban J connectivity index is 2.30. The molecular formula is C20H32F2O3. The molecule has 0 bridgehead atoms. The summed E-state index contributed by atoms with van der Waals surface area (Å²) in [6.45, 7) is 2.16. The van der Waals surface area contributed by atoms with Crippen LogP contribution in [0.15, 0.2) is 18.2 Å². The number of hydrogen-bond donors (Lipinski definition) is 3. The average Bonchev–Trinajstić information content (AvgIpc) is 2.50. The third-order valence-corrected chi connectivity index (χ3v) is 4.64. The Kier molecular flexibility index (Phi) is 10.2. The van der Waals surface area contributed by atoms with Crippen LogP contribution in [0.5, 0.6) is 0 Å². The van der Waals surface area contributed by atoms with Gasteiger partial charge in [0.2, 0.25) is 0 Å². The van der Waals surface area contributed by atoms with Crippen molar-refractivity contribution in [2.24, 2.45) is 5.92 Å². The molecule has 0 heterocycles. The monoisotopic (exact) mass is 358 g/mol. The van der Waals surface area contributed by atoms with Crippen LogP contribution in [0.3, 0.4) is 0 Å². The molecule has 0 saturated heterocycles. The second-order valence-electron chi connectivity index (χ2n) is 6.96.